The van der Waals surface area contributed by atoms with Crippen LogP contribution < -0.4 is 5.32 Å². The van der Waals surface area contributed by atoms with Crippen molar-refractivity contribution in [1.82, 2.24) is 20.0 Å². The van der Waals surface area contributed by atoms with Gasteiger partial charge in [0.1, 0.15) is 0 Å². The summed E-state index contributed by atoms with van der Waals surface area (Å²) >= 11 is 0. The molecule has 2 aromatic rings. The van der Waals surface area contributed by atoms with E-state index < -0.39 is 5.97 Å². The SMILES string of the molecule is CCOC(=O)c1nn(-c2ccc(C)cc2)c2c1CN(C(=O)NCCOC)CC2. The number of hydrogen-bond donors (Lipinski definition) is 1. The van der Waals surface area contributed by atoms with Gasteiger partial charge in [-0.3, -0.25) is 0 Å². The molecule has 1 N–H and O–H groups in total. The first kappa shape index (κ1) is 19.9. The van der Waals surface area contributed by atoms with Crippen LogP contribution in [0.1, 0.15) is 34.2 Å². The van der Waals surface area contributed by atoms with Crippen LogP contribution in [0.25, 0.3) is 5.69 Å². The van der Waals surface area contributed by atoms with Crippen molar-refractivity contribution in [2.45, 2.75) is 26.8 Å². The number of carbonyl (C=O) groups excluding carboxylic acids is 2. The van der Waals surface area contributed by atoms with Crippen molar-refractivity contribution < 1.29 is 19.1 Å². The van der Waals surface area contributed by atoms with Crippen LogP contribution in [0.3, 0.4) is 0 Å². The van der Waals surface area contributed by atoms with Crippen molar-refractivity contribution in [2.24, 2.45) is 0 Å². The van der Waals surface area contributed by atoms with Crippen LogP contribution in [0.4, 0.5) is 4.79 Å². The summed E-state index contributed by atoms with van der Waals surface area (Å²) < 4.78 is 11.9. The Hall–Kier alpha value is -2.87. The molecular formula is C20H26N4O4. The lowest BCUT2D eigenvalue weighted by molar-refractivity contribution is 0.0516. The van der Waals surface area contributed by atoms with Crippen molar-refractivity contribution in [3.63, 3.8) is 0 Å². The van der Waals surface area contributed by atoms with E-state index in [2.05, 4.69) is 10.4 Å². The second-order valence-corrected chi connectivity index (χ2v) is 6.64. The monoisotopic (exact) mass is 386 g/mol. The first-order chi connectivity index (χ1) is 13.5. The van der Waals surface area contributed by atoms with Crippen molar-refractivity contribution >= 4 is 12.0 Å². The zero-order valence-electron chi connectivity index (χ0n) is 16.5. The minimum atomic E-state index is -0.466. The summed E-state index contributed by atoms with van der Waals surface area (Å²) in [6, 6.07) is 7.78. The average molecular weight is 386 g/mol. The molecule has 1 aromatic heterocycles. The second-order valence-electron chi connectivity index (χ2n) is 6.64. The Morgan fingerprint density at radius 2 is 2.00 bits per heavy atom. The Kier molecular flexibility index (Phi) is 6.30. The lowest BCUT2D eigenvalue weighted by Gasteiger charge is -2.28. The Balaban J connectivity index is 1.91. The summed E-state index contributed by atoms with van der Waals surface area (Å²) in [6.07, 6.45) is 0.604. The maximum absolute atomic E-state index is 12.5. The smallest absolute Gasteiger partial charge is 0.359 e. The normalized spacial score (nSPS) is 13.2. The lowest BCUT2D eigenvalue weighted by Crippen LogP contribution is -2.44. The summed E-state index contributed by atoms with van der Waals surface area (Å²) in [4.78, 5) is 26.6. The van der Waals surface area contributed by atoms with E-state index in [-0.39, 0.29) is 18.3 Å². The Labute approximate surface area is 164 Å². The highest BCUT2D eigenvalue weighted by atomic mass is 16.5. The highest BCUT2D eigenvalue weighted by Gasteiger charge is 2.31. The summed E-state index contributed by atoms with van der Waals surface area (Å²) in [5.41, 5.74) is 3.98. The molecule has 0 spiro atoms. The third-order valence-electron chi connectivity index (χ3n) is 4.67. The molecule has 3 rings (SSSR count). The van der Waals surface area contributed by atoms with Crippen LogP contribution in [0, 0.1) is 6.92 Å². The number of amides is 2. The van der Waals surface area contributed by atoms with Gasteiger partial charge < -0.3 is 19.7 Å². The van der Waals surface area contributed by atoms with Gasteiger partial charge in [-0.2, -0.15) is 5.10 Å². The molecule has 8 nitrogen and oxygen atoms in total. The van der Waals surface area contributed by atoms with Gasteiger partial charge in [0.2, 0.25) is 0 Å². The average Bonchev–Trinajstić information content (AvgIpc) is 3.08. The van der Waals surface area contributed by atoms with Gasteiger partial charge in [0.15, 0.2) is 5.69 Å². The second kappa shape index (κ2) is 8.88. The lowest BCUT2D eigenvalue weighted by atomic mass is 10.0. The maximum atomic E-state index is 12.5. The number of benzene rings is 1. The third kappa shape index (κ3) is 4.17. The Bertz CT molecular complexity index is 845. The van der Waals surface area contributed by atoms with Crippen molar-refractivity contribution in [3.05, 3.63) is 46.8 Å². The topological polar surface area (TPSA) is 85.7 Å². The van der Waals surface area contributed by atoms with Gasteiger partial charge in [0, 0.05) is 32.2 Å². The van der Waals surface area contributed by atoms with Gasteiger partial charge in [-0.1, -0.05) is 17.7 Å². The van der Waals surface area contributed by atoms with Crippen molar-refractivity contribution in [3.8, 4) is 5.69 Å². The molecule has 0 saturated carbocycles. The van der Waals surface area contributed by atoms with Gasteiger partial charge in [0.05, 0.1) is 31.1 Å². The first-order valence-corrected chi connectivity index (χ1v) is 9.41. The molecule has 8 heteroatoms. The van der Waals surface area contributed by atoms with Crippen LogP contribution in [-0.2, 0) is 22.4 Å². The molecule has 28 heavy (non-hydrogen) atoms. The largest absolute Gasteiger partial charge is 0.461 e. The predicted molar refractivity (Wildman–Crippen MR) is 104 cm³/mol. The zero-order chi connectivity index (χ0) is 20.1. The zero-order valence-corrected chi connectivity index (χ0v) is 16.5. The molecule has 0 aliphatic carbocycles. The van der Waals surface area contributed by atoms with Crippen LogP contribution in [0.5, 0.6) is 0 Å². The van der Waals surface area contributed by atoms with Crippen LogP contribution >= 0.6 is 0 Å². The molecule has 0 radical (unpaired) electrons. The Morgan fingerprint density at radius 3 is 2.68 bits per heavy atom. The van der Waals surface area contributed by atoms with Gasteiger partial charge in [-0.15, -0.1) is 0 Å². The molecular weight excluding hydrogens is 360 g/mol. The number of hydrogen-bond acceptors (Lipinski definition) is 5. The van der Waals surface area contributed by atoms with Crippen molar-refractivity contribution in [2.75, 3.05) is 33.4 Å². The fourth-order valence-corrected chi connectivity index (χ4v) is 3.23. The standard InChI is InChI=1S/C20H26N4O4/c1-4-28-19(25)18-16-13-23(20(26)21-10-12-27-3)11-9-17(16)24(22-18)15-7-5-14(2)6-8-15/h5-8H,4,9-13H2,1-3H3,(H,21,26). The number of fused-ring (bicyclic) bond motifs is 1. The summed E-state index contributed by atoms with van der Waals surface area (Å²) in [7, 11) is 1.59. The summed E-state index contributed by atoms with van der Waals surface area (Å²) in [6.45, 7) is 5.80. The third-order valence-corrected chi connectivity index (χ3v) is 4.67. The highest BCUT2D eigenvalue weighted by Crippen LogP contribution is 2.26. The van der Waals surface area contributed by atoms with E-state index in [0.717, 1.165) is 22.5 Å². The molecule has 0 bridgehead atoms. The molecule has 0 saturated heterocycles. The van der Waals surface area contributed by atoms with Crippen LogP contribution in [-0.4, -0.2) is 60.1 Å². The number of urea groups is 1. The Morgan fingerprint density at radius 1 is 1.25 bits per heavy atom. The number of nitrogens with one attached hydrogen (secondary N) is 1. The van der Waals surface area contributed by atoms with E-state index in [9.17, 15) is 9.59 Å². The molecule has 1 aromatic carbocycles. The van der Waals surface area contributed by atoms with Gasteiger partial charge in [-0.05, 0) is 26.0 Å². The molecule has 2 amide bonds. The highest BCUT2D eigenvalue weighted by molar-refractivity contribution is 5.89. The number of aryl methyl sites for hydroxylation is 1. The van der Waals surface area contributed by atoms with Gasteiger partial charge in [0.25, 0.3) is 0 Å². The molecule has 150 valence electrons. The van der Waals surface area contributed by atoms with Gasteiger partial charge in [-0.25, -0.2) is 14.3 Å². The maximum Gasteiger partial charge on any atom is 0.359 e. The number of ether oxygens (including phenoxy) is 2. The number of rotatable bonds is 6. The summed E-state index contributed by atoms with van der Waals surface area (Å²) in [5.74, 6) is -0.466. The molecule has 1 aliphatic heterocycles. The molecule has 0 atom stereocenters. The number of esters is 1. The summed E-state index contributed by atoms with van der Waals surface area (Å²) in [5, 5.41) is 7.36. The van der Waals surface area contributed by atoms with Crippen molar-refractivity contribution in [1.29, 1.82) is 0 Å². The molecule has 0 fully saturated rings. The molecule has 1 aliphatic rings. The van der Waals surface area contributed by atoms with E-state index in [0.29, 0.717) is 32.7 Å². The minimum Gasteiger partial charge on any atom is -0.461 e. The fraction of sp³-hybridized carbons (Fsp3) is 0.450. The fourth-order valence-electron chi connectivity index (χ4n) is 3.23. The van der Waals surface area contributed by atoms with Crippen LogP contribution in [0.2, 0.25) is 0 Å². The van der Waals surface area contributed by atoms with Crippen LogP contribution in [0.15, 0.2) is 24.3 Å². The number of aromatic nitrogens is 2. The van der Waals surface area contributed by atoms with E-state index in [1.54, 1.807) is 23.6 Å². The van der Waals surface area contributed by atoms with Gasteiger partial charge >= 0.3 is 12.0 Å². The molecule has 0 unspecified atom stereocenters. The number of carbonyl (C=O) groups is 2. The molecule has 2 heterocycles. The van der Waals surface area contributed by atoms with E-state index in [1.165, 1.54) is 0 Å². The number of methoxy groups -OCH3 is 1. The van der Waals surface area contributed by atoms with E-state index in [4.69, 9.17) is 9.47 Å². The quantitative estimate of drug-likeness (QED) is 0.607. The van der Waals surface area contributed by atoms with E-state index in [1.807, 2.05) is 31.2 Å². The number of nitrogens with zero attached hydrogens (tertiary/aromatic N) is 3. The van der Waals surface area contributed by atoms with E-state index >= 15 is 0 Å². The first-order valence-electron chi connectivity index (χ1n) is 9.41. The minimum absolute atomic E-state index is 0.180. The predicted octanol–water partition coefficient (Wildman–Crippen LogP) is 2.07.